The van der Waals surface area contributed by atoms with Gasteiger partial charge in [-0.2, -0.15) is 10.0 Å². The molecule has 7 heteroatoms. The van der Waals surface area contributed by atoms with Crippen LogP contribution >= 0.6 is 22.2 Å². The number of amides is 1. The molecule has 0 aromatic rings. The number of nitrogens with one attached hydrogen (secondary N) is 1. The summed E-state index contributed by atoms with van der Waals surface area (Å²) >= 11 is 5.54. The lowest BCUT2D eigenvalue weighted by Gasteiger charge is -2.38. The quantitative estimate of drug-likeness (QED) is 0.485. The maximum absolute atomic E-state index is 13.3. The van der Waals surface area contributed by atoms with Crippen molar-refractivity contribution in [3.8, 4) is 0 Å². The van der Waals surface area contributed by atoms with Gasteiger partial charge in [0.2, 0.25) is 5.91 Å². The molecule has 2 atom stereocenters. The van der Waals surface area contributed by atoms with Gasteiger partial charge in [0.1, 0.15) is 6.04 Å². The van der Waals surface area contributed by atoms with Gasteiger partial charge in [-0.1, -0.05) is 27.2 Å². The molecule has 1 saturated heterocycles. The first-order valence-electron chi connectivity index (χ1n) is 10.0. The number of rotatable bonds is 8. The van der Waals surface area contributed by atoms with E-state index in [2.05, 4.69) is 26.1 Å². The second kappa shape index (κ2) is 10.6. The summed E-state index contributed by atoms with van der Waals surface area (Å²) < 4.78 is 0. The van der Waals surface area contributed by atoms with Gasteiger partial charge < -0.3 is 15.1 Å². The van der Waals surface area contributed by atoms with Crippen LogP contribution in [0.4, 0.5) is 0 Å². The Bertz CT molecular complexity index is 532. The number of thiocarbonyl (C=S) groups is 1. The van der Waals surface area contributed by atoms with Crippen LogP contribution in [0.25, 0.3) is 0 Å². The summed E-state index contributed by atoms with van der Waals surface area (Å²) in [5.41, 5.74) is 0. The van der Waals surface area contributed by atoms with Gasteiger partial charge in [0.05, 0.1) is 6.04 Å². The molecular formula is C20H39N3O2S2. The fourth-order valence-corrected chi connectivity index (χ4v) is 4.79. The number of likely N-dealkylation sites (tertiary alicyclic amines) is 1. The lowest BCUT2D eigenvalue weighted by molar-refractivity contribution is -0.139. The lowest BCUT2D eigenvalue weighted by Crippen LogP contribution is -2.54. The monoisotopic (exact) mass is 417 g/mol. The minimum atomic E-state index is -1.38. The van der Waals surface area contributed by atoms with Gasteiger partial charge in [-0.15, -0.1) is 0 Å². The van der Waals surface area contributed by atoms with Gasteiger partial charge in [-0.3, -0.25) is 9.59 Å². The van der Waals surface area contributed by atoms with Crippen molar-refractivity contribution >= 4 is 38.4 Å². The first kappa shape index (κ1) is 24.2. The molecule has 0 aliphatic carbocycles. The van der Waals surface area contributed by atoms with E-state index < -0.39 is 10.0 Å². The fraction of sp³-hybridized carbons (Fsp3) is 0.850. The highest BCUT2D eigenvalue weighted by Crippen LogP contribution is 2.39. The van der Waals surface area contributed by atoms with Crippen LogP contribution in [0.15, 0.2) is 0 Å². The van der Waals surface area contributed by atoms with E-state index in [-0.39, 0.29) is 23.1 Å². The molecule has 1 heterocycles. The number of hydrogen-bond donors (Lipinski definition) is 1. The number of carbonyl (C=O) groups excluding carboxylic acids is 2. The molecule has 5 nitrogen and oxygen atoms in total. The highest BCUT2D eigenvalue weighted by atomic mass is 32.3. The molecule has 1 aliphatic rings. The Hall–Kier alpha value is -0.820. The van der Waals surface area contributed by atoms with E-state index in [0.717, 1.165) is 38.8 Å². The van der Waals surface area contributed by atoms with E-state index in [9.17, 15) is 9.59 Å². The zero-order valence-electron chi connectivity index (χ0n) is 18.2. The predicted molar refractivity (Wildman–Crippen MR) is 122 cm³/mol. The molecule has 1 N–H and O–H groups in total. The third kappa shape index (κ3) is 6.93. The zero-order chi connectivity index (χ0) is 20.8. The average molecular weight is 418 g/mol. The first-order chi connectivity index (χ1) is 12.5. The molecule has 0 saturated carbocycles. The van der Waals surface area contributed by atoms with Crippen molar-refractivity contribution in [1.29, 1.82) is 0 Å². The Morgan fingerprint density at radius 3 is 2.44 bits per heavy atom. The Morgan fingerprint density at radius 1 is 1.30 bits per heavy atom. The Morgan fingerprint density at radius 2 is 1.93 bits per heavy atom. The molecule has 158 valence electrons. The van der Waals surface area contributed by atoms with Crippen LogP contribution in [-0.2, 0) is 9.59 Å². The van der Waals surface area contributed by atoms with Crippen molar-refractivity contribution in [1.82, 2.24) is 15.1 Å². The van der Waals surface area contributed by atoms with Crippen LogP contribution in [0.3, 0.4) is 0 Å². The van der Waals surface area contributed by atoms with Gasteiger partial charge in [-0.25, -0.2) is 0 Å². The maximum atomic E-state index is 13.3. The third-order valence-corrected chi connectivity index (χ3v) is 6.85. The first-order valence-corrected chi connectivity index (χ1v) is 13.3. The van der Waals surface area contributed by atoms with Crippen LogP contribution in [0.5, 0.6) is 0 Å². The van der Waals surface area contributed by atoms with Crippen LogP contribution in [0.2, 0.25) is 0 Å². The molecule has 1 fully saturated rings. The molecule has 1 aliphatic heterocycles. The minimum Gasteiger partial charge on any atom is -0.363 e. The Balaban J connectivity index is 2.91. The molecular weight excluding hydrogens is 378 g/mol. The minimum absolute atomic E-state index is 0.0230. The second-order valence-electron chi connectivity index (χ2n) is 8.69. The van der Waals surface area contributed by atoms with E-state index in [1.807, 2.05) is 23.7 Å². The maximum Gasteiger partial charge on any atom is 0.245 e. The summed E-state index contributed by atoms with van der Waals surface area (Å²) in [6.45, 7) is 7.99. The molecule has 0 spiro atoms. The Kier molecular flexibility index (Phi) is 9.55. The molecule has 2 unspecified atom stereocenters. The number of hydrogen-bond acceptors (Lipinski definition) is 3. The van der Waals surface area contributed by atoms with Crippen LogP contribution in [0, 0.1) is 5.92 Å². The standard InChI is InChI=1S/C20H39N3O2S2/c1-8-9-12-21-20(26)23-13-10-11-16(23)18(24)22(4)17(14-15(2)3)19(25)27(5,6)7/h15-17H,8-14H2,1-7H3,(H,21,26). The van der Waals surface area contributed by atoms with E-state index in [1.165, 1.54) is 0 Å². The number of unbranched alkanes of at least 4 members (excludes halogenated alkanes) is 1. The molecule has 1 rings (SSSR count). The van der Waals surface area contributed by atoms with Crippen molar-refractivity contribution in [2.45, 2.75) is 65.0 Å². The largest absolute Gasteiger partial charge is 0.363 e. The van der Waals surface area contributed by atoms with E-state index in [1.54, 1.807) is 11.9 Å². The van der Waals surface area contributed by atoms with Crippen LogP contribution in [-0.4, -0.2) is 76.9 Å². The topological polar surface area (TPSA) is 52.7 Å². The van der Waals surface area contributed by atoms with Crippen molar-refractivity contribution in [3.63, 3.8) is 0 Å². The van der Waals surface area contributed by atoms with Crippen LogP contribution < -0.4 is 5.32 Å². The lowest BCUT2D eigenvalue weighted by atomic mass is 10.0. The van der Waals surface area contributed by atoms with Gasteiger partial charge in [0.15, 0.2) is 10.2 Å². The van der Waals surface area contributed by atoms with Gasteiger partial charge in [-0.05, 0) is 62.6 Å². The smallest absolute Gasteiger partial charge is 0.245 e. The molecule has 0 bridgehead atoms. The molecule has 0 aromatic heterocycles. The van der Waals surface area contributed by atoms with Crippen molar-refractivity contribution < 1.29 is 9.59 Å². The SMILES string of the molecule is CCCCNC(=S)N1CCCC1C(=O)N(C)C(CC(C)C)C(=O)S(C)(C)C. The fourth-order valence-electron chi connectivity index (χ4n) is 3.40. The normalized spacial score (nSPS) is 19.1. The van der Waals surface area contributed by atoms with Gasteiger partial charge in [0.25, 0.3) is 0 Å². The molecule has 27 heavy (non-hydrogen) atoms. The van der Waals surface area contributed by atoms with Crippen molar-refractivity contribution in [2.24, 2.45) is 5.92 Å². The van der Waals surface area contributed by atoms with E-state index in [0.29, 0.717) is 17.5 Å². The summed E-state index contributed by atoms with van der Waals surface area (Å²) in [6, 6.07) is -0.606. The number of carbonyl (C=O) groups is 2. The van der Waals surface area contributed by atoms with Gasteiger partial charge in [0, 0.05) is 20.1 Å². The third-order valence-electron chi connectivity index (χ3n) is 4.99. The highest BCUT2D eigenvalue weighted by Gasteiger charge is 2.39. The summed E-state index contributed by atoms with van der Waals surface area (Å²) in [6.07, 6.45) is 10.6. The summed E-state index contributed by atoms with van der Waals surface area (Å²) in [5, 5.41) is 4.16. The van der Waals surface area contributed by atoms with Crippen LogP contribution in [0.1, 0.15) is 52.9 Å². The zero-order valence-corrected chi connectivity index (χ0v) is 19.8. The second-order valence-corrected chi connectivity index (χ2v) is 13.2. The summed E-state index contributed by atoms with van der Waals surface area (Å²) in [4.78, 5) is 30.1. The highest BCUT2D eigenvalue weighted by molar-refractivity contribution is 8.43. The number of nitrogens with zero attached hydrogens (tertiary/aromatic N) is 2. The van der Waals surface area contributed by atoms with Gasteiger partial charge >= 0.3 is 0 Å². The molecule has 0 radical (unpaired) electrons. The molecule has 1 amide bonds. The van der Waals surface area contributed by atoms with E-state index in [4.69, 9.17) is 12.2 Å². The predicted octanol–water partition coefficient (Wildman–Crippen LogP) is 3.22. The number of likely N-dealkylation sites (N-methyl/N-ethyl adjacent to an activating group) is 1. The Labute approximate surface area is 172 Å². The van der Waals surface area contributed by atoms with Crippen molar-refractivity contribution in [2.75, 3.05) is 38.9 Å². The molecule has 0 aromatic carbocycles. The summed E-state index contributed by atoms with van der Waals surface area (Å²) in [7, 11) is 0.415. The average Bonchev–Trinajstić information content (AvgIpc) is 3.06. The summed E-state index contributed by atoms with van der Waals surface area (Å²) in [5.74, 6) is 0.377. The van der Waals surface area contributed by atoms with Crippen molar-refractivity contribution in [3.05, 3.63) is 0 Å². The van der Waals surface area contributed by atoms with E-state index >= 15 is 0 Å².